The van der Waals surface area contributed by atoms with Gasteiger partial charge in [0.05, 0.1) is 6.61 Å². The number of hydrogen-bond donors (Lipinski definition) is 0. The van der Waals surface area contributed by atoms with Gasteiger partial charge in [-0.15, -0.1) is 0 Å². The van der Waals surface area contributed by atoms with Crippen molar-refractivity contribution >= 4 is 40.4 Å². The van der Waals surface area contributed by atoms with Gasteiger partial charge in [-0.3, -0.25) is 4.79 Å². The van der Waals surface area contributed by atoms with Crippen LogP contribution in [0.1, 0.15) is 115 Å². The van der Waals surface area contributed by atoms with E-state index in [2.05, 4.69) is 113 Å². The van der Waals surface area contributed by atoms with E-state index in [1.807, 2.05) is 0 Å². The van der Waals surface area contributed by atoms with Crippen LogP contribution in [0.25, 0.3) is 34.6 Å². The summed E-state index contributed by atoms with van der Waals surface area (Å²) in [5, 5.41) is 7.45. The maximum atomic E-state index is 14.5. The number of hydrogen-bond acceptors (Lipinski definition) is 2. The molecular formula is C44H40O2. The van der Waals surface area contributed by atoms with Crippen molar-refractivity contribution in [1.29, 1.82) is 0 Å². The summed E-state index contributed by atoms with van der Waals surface area (Å²) in [5.41, 5.74) is 10.6. The molecule has 46 heavy (non-hydrogen) atoms. The molecule has 0 aliphatic heterocycles. The number of rotatable bonds is 7. The molecule has 0 saturated heterocycles. The quantitative estimate of drug-likeness (QED) is 0.198. The number of aryl methyl sites for hydroxylation is 1. The minimum atomic E-state index is -0.0255. The van der Waals surface area contributed by atoms with Gasteiger partial charge in [0.1, 0.15) is 5.75 Å². The molecule has 0 aromatic heterocycles. The Morgan fingerprint density at radius 2 is 1.76 bits per heavy atom. The second-order valence-electron chi connectivity index (χ2n) is 14.5. The van der Waals surface area contributed by atoms with Crippen LogP contribution < -0.4 is 15.2 Å². The molecule has 5 aliphatic carbocycles. The maximum absolute atomic E-state index is 14.5. The molecule has 0 fully saturated rings. The molecule has 0 radical (unpaired) electrons. The third-order valence-electron chi connectivity index (χ3n) is 10.8. The molecule has 4 aromatic carbocycles. The average Bonchev–Trinajstić information content (AvgIpc) is 3.05. The first-order valence-electron chi connectivity index (χ1n) is 17.3. The highest BCUT2D eigenvalue weighted by Gasteiger charge is 2.37. The Bertz CT molecular complexity index is 2360. The highest BCUT2D eigenvalue weighted by atomic mass is 16.5. The van der Waals surface area contributed by atoms with Crippen LogP contribution in [0.2, 0.25) is 0 Å². The van der Waals surface area contributed by atoms with Crippen molar-refractivity contribution in [1.82, 2.24) is 0 Å². The fourth-order valence-corrected chi connectivity index (χ4v) is 9.04. The third kappa shape index (κ3) is 3.86. The van der Waals surface area contributed by atoms with Gasteiger partial charge in [-0.05, 0) is 90.4 Å². The van der Waals surface area contributed by atoms with Gasteiger partial charge in [-0.1, -0.05) is 120 Å². The summed E-state index contributed by atoms with van der Waals surface area (Å²) in [7, 11) is 0. The van der Waals surface area contributed by atoms with Crippen LogP contribution >= 0.6 is 0 Å². The summed E-state index contributed by atoms with van der Waals surface area (Å²) >= 11 is 0. The van der Waals surface area contributed by atoms with Gasteiger partial charge in [0.25, 0.3) is 0 Å². The maximum Gasteiger partial charge on any atom is 0.193 e. The van der Waals surface area contributed by atoms with Crippen LogP contribution in [-0.2, 0) is 6.42 Å². The van der Waals surface area contributed by atoms with Crippen molar-refractivity contribution in [2.24, 2.45) is 5.41 Å². The van der Waals surface area contributed by atoms with E-state index in [-0.39, 0.29) is 23.0 Å². The van der Waals surface area contributed by atoms with Crippen LogP contribution in [0.15, 0.2) is 66.8 Å². The monoisotopic (exact) mass is 600 g/mol. The number of carbonyl (C=O) groups is 1. The Kier molecular flexibility index (Phi) is 6.07. The Labute approximate surface area is 270 Å². The summed E-state index contributed by atoms with van der Waals surface area (Å²) in [6.45, 7) is 9.73. The number of benzene rings is 4. The van der Waals surface area contributed by atoms with Crippen LogP contribution in [0.3, 0.4) is 0 Å². The fraction of sp³-hybridized carbons (Fsp3) is 0.295. The lowest BCUT2D eigenvalue weighted by atomic mass is 9.69. The summed E-state index contributed by atoms with van der Waals surface area (Å²) in [4.78, 5) is 14.5. The Morgan fingerprint density at radius 1 is 0.870 bits per heavy atom. The molecule has 0 N–H and O–H groups in total. The molecule has 4 aromatic rings. The van der Waals surface area contributed by atoms with Crippen molar-refractivity contribution in [3.8, 4) is 5.75 Å². The van der Waals surface area contributed by atoms with Gasteiger partial charge >= 0.3 is 0 Å². The van der Waals surface area contributed by atoms with Crippen molar-refractivity contribution in [2.75, 3.05) is 6.61 Å². The predicted octanol–water partition coefficient (Wildman–Crippen LogP) is 9.00. The lowest BCUT2D eigenvalue weighted by molar-refractivity contribution is 0.103. The normalized spacial score (nSPS) is 19.9. The van der Waals surface area contributed by atoms with E-state index in [1.54, 1.807) is 0 Å². The van der Waals surface area contributed by atoms with Gasteiger partial charge in [0.15, 0.2) is 5.78 Å². The van der Waals surface area contributed by atoms with E-state index >= 15 is 0 Å². The van der Waals surface area contributed by atoms with Crippen LogP contribution in [-0.4, -0.2) is 12.4 Å². The molecule has 0 heterocycles. The van der Waals surface area contributed by atoms with Crippen LogP contribution in [0.5, 0.6) is 5.75 Å². The molecule has 2 nitrogen and oxygen atoms in total. The third-order valence-corrected chi connectivity index (χ3v) is 10.8. The SMILES string of the molecule is CCCCCOc1cc2c3c4c1=c1ccc5c(c1=CC4C=CC3=CC(C)(C)C=2)C1C=Cc2cccc3c(CCC)cc(c1c23)C5=O. The molecule has 5 aliphatic rings. The number of ketones is 1. The molecule has 0 saturated carbocycles. The molecule has 2 unspecified atom stereocenters. The van der Waals surface area contributed by atoms with Crippen molar-refractivity contribution in [3.05, 3.63) is 132 Å². The van der Waals surface area contributed by atoms with Crippen molar-refractivity contribution in [3.63, 3.8) is 0 Å². The molecule has 2 atom stereocenters. The molecule has 0 bridgehead atoms. The van der Waals surface area contributed by atoms with Crippen molar-refractivity contribution < 1.29 is 9.53 Å². The first-order valence-corrected chi connectivity index (χ1v) is 17.3. The minimum Gasteiger partial charge on any atom is -0.493 e. The number of fused-ring (bicyclic) bond motifs is 4. The van der Waals surface area contributed by atoms with E-state index < -0.39 is 0 Å². The van der Waals surface area contributed by atoms with Crippen LogP contribution in [0.4, 0.5) is 0 Å². The van der Waals surface area contributed by atoms with Gasteiger partial charge in [-0.2, -0.15) is 0 Å². The molecule has 2 heteroatoms. The fourth-order valence-electron chi connectivity index (χ4n) is 9.04. The smallest absolute Gasteiger partial charge is 0.193 e. The zero-order valence-electron chi connectivity index (χ0n) is 27.3. The Hall–Kier alpha value is -4.43. The number of allylic oxidation sites excluding steroid dienone is 5. The summed E-state index contributed by atoms with van der Waals surface area (Å²) < 4.78 is 6.72. The van der Waals surface area contributed by atoms with Crippen LogP contribution in [0, 0.1) is 15.9 Å². The summed E-state index contributed by atoms with van der Waals surface area (Å²) in [6.07, 6.45) is 22.0. The molecule has 0 amide bonds. The Balaban J connectivity index is 1.37. The number of ether oxygens (including phenoxy) is 1. The summed E-state index contributed by atoms with van der Waals surface area (Å²) in [6, 6.07) is 15.5. The van der Waals surface area contributed by atoms with Gasteiger partial charge < -0.3 is 4.74 Å². The second kappa shape index (κ2) is 10.0. The highest BCUT2D eigenvalue weighted by Crippen LogP contribution is 2.47. The van der Waals surface area contributed by atoms with E-state index in [1.165, 1.54) is 71.5 Å². The number of carbonyl (C=O) groups excluding carboxylic acids is 1. The van der Waals surface area contributed by atoms with Gasteiger partial charge in [0.2, 0.25) is 0 Å². The Morgan fingerprint density at radius 3 is 2.61 bits per heavy atom. The molecule has 0 spiro atoms. The predicted molar refractivity (Wildman–Crippen MR) is 190 cm³/mol. The largest absolute Gasteiger partial charge is 0.493 e. The first kappa shape index (κ1) is 27.8. The zero-order valence-corrected chi connectivity index (χ0v) is 27.3. The highest BCUT2D eigenvalue weighted by molar-refractivity contribution is 6.17. The van der Waals surface area contributed by atoms with Crippen molar-refractivity contribution in [2.45, 2.75) is 71.6 Å². The lowest BCUT2D eigenvalue weighted by Crippen LogP contribution is -2.31. The molecule has 228 valence electrons. The second-order valence-corrected chi connectivity index (χ2v) is 14.5. The van der Waals surface area contributed by atoms with E-state index in [9.17, 15) is 4.79 Å². The summed E-state index contributed by atoms with van der Waals surface area (Å²) in [5.74, 6) is 1.30. The number of unbranched alkanes of at least 4 members (excludes halogenated alkanes) is 2. The first-order chi connectivity index (χ1) is 22.4. The molecular weight excluding hydrogens is 560 g/mol. The van der Waals surface area contributed by atoms with Gasteiger partial charge in [0, 0.05) is 33.6 Å². The van der Waals surface area contributed by atoms with E-state index in [0.717, 1.165) is 48.1 Å². The zero-order chi connectivity index (χ0) is 31.3. The minimum absolute atomic E-state index is 0.0255. The topological polar surface area (TPSA) is 26.3 Å². The average molecular weight is 601 g/mol. The molecule has 9 rings (SSSR count). The standard InChI is InChI=1S/C44H40O2/c1-5-7-8-19-46-36-22-29-24-44(3,4)23-28-14-13-27-21-34-31(42(36)39(27)37(28)29)17-18-33-40(34)32-16-15-25-11-9-12-30-26(10-6-2)20-35(43(33)45)41(32)38(25)30/h9,11-18,20-24,27,32H,5-8,10,19H2,1-4H3. The lowest BCUT2D eigenvalue weighted by Gasteiger charge is -2.34. The van der Waals surface area contributed by atoms with E-state index in [4.69, 9.17) is 4.74 Å². The van der Waals surface area contributed by atoms with Gasteiger partial charge in [-0.25, -0.2) is 0 Å². The van der Waals surface area contributed by atoms with E-state index in [0.29, 0.717) is 6.61 Å².